The molecule has 2 aliphatic rings. The molecule has 2 fully saturated rings. The van der Waals surface area contributed by atoms with Crippen molar-refractivity contribution < 1.29 is 4.79 Å². The summed E-state index contributed by atoms with van der Waals surface area (Å²) in [5.41, 5.74) is 2.18. The van der Waals surface area contributed by atoms with E-state index in [0.29, 0.717) is 11.9 Å². The van der Waals surface area contributed by atoms with Crippen molar-refractivity contribution in [1.29, 1.82) is 0 Å². The first-order chi connectivity index (χ1) is 13.1. The molecule has 1 unspecified atom stereocenters. The standard InChI is InChI=1S/C22H32N4O/c1-24(2)17-13-11-16(12-14-17)22(27)26-15-7-6-10-20(26)21-23-18-8-4-5-9-19(18)25(21)3/h4-5,8-9,16-17,20H,6-7,10-15H2,1-3H3. The van der Waals surface area contributed by atoms with Crippen molar-refractivity contribution in [2.24, 2.45) is 13.0 Å². The number of carbonyl (C=O) groups is 1. The zero-order valence-corrected chi connectivity index (χ0v) is 16.9. The molecule has 1 aromatic heterocycles. The van der Waals surface area contributed by atoms with Gasteiger partial charge in [0.1, 0.15) is 5.82 Å². The van der Waals surface area contributed by atoms with Crippen molar-refractivity contribution in [1.82, 2.24) is 19.4 Å². The van der Waals surface area contributed by atoms with Gasteiger partial charge in [0.25, 0.3) is 0 Å². The lowest BCUT2D eigenvalue weighted by Gasteiger charge is -2.39. The van der Waals surface area contributed by atoms with Gasteiger partial charge in [-0.3, -0.25) is 4.79 Å². The second kappa shape index (κ2) is 7.63. The van der Waals surface area contributed by atoms with Gasteiger partial charge in [0.05, 0.1) is 17.1 Å². The normalized spacial score (nSPS) is 26.7. The minimum Gasteiger partial charge on any atom is -0.332 e. The summed E-state index contributed by atoms with van der Waals surface area (Å²) in [6.45, 7) is 0.875. The van der Waals surface area contributed by atoms with Gasteiger partial charge in [-0.2, -0.15) is 0 Å². The molecule has 1 aromatic carbocycles. The van der Waals surface area contributed by atoms with Crippen LogP contribution in [0.4, 0.5) is 0 Å². The highest BCUT2D eigenvalue weighted by Crippen LogP contribution is 2.36. The summed E-state index contributed by atoms with van der Waals surface area (Å²) in [6, 6.07) is 9.02. The Kier molecular flexibility index (Phi) is 5.22. The van der Waals surface area contributed by atoms with Crippen molar-refractivity contribution in [2.75, 3.05) is 20.6 Å². The number of piperidine rings is 1. The van der Waals surface area contributed by atoms with Crippen molar-refractivity contribution in [3.8, 4) is 0 Å². The summed E-state index contributed by atoms with van der Waals surface area (Å²) < 4.78 is 2.19. The highest BCUT2D eigenvalue weighted by Gasteiger charge is 2.36. The fraction of sp³-hybridized carbons (Fsp3) is 0.636. The number of hydrogen-bond acceptors (Lipinski definition) is 3. The molecule has 0 bridgehead atoms. The molecule has 1 amide bonds. The Morgan fingerprint density at radius 2 is 1.81 bits per heavy atom. The van der Waals surface area contributed by atoms with Crippen LogP contribution in [0.25, 0.3) is 11.0 Å². The van der Waals surface area contributed by atoms with Crippen LogP contribution in [0.1, 0.15) is 56.8 Å². The predicted octanol–water partition coefficient (Wildman–Crippen LogP) is 3.75. The third kappa shape index (κ3) is 3.49. The van der Waals surface area contributed by atoms with Gasteiger partial charge >= 0.3 is 0 Å². The largest absolute Gasteiger partial charge is 0.332 e. The molecule has 4 rings (SSSR count). The maximum absolute atomic E-state index is 13.4. The summed E-state index contributed by atoms with van der Waals surface area (Å²) >= 11 is 0. The van der Waals surface area contributed by atoms with Crippen LogP contribution >= 0.6 is 0 Å². The number of aromatic nitrogens is 2. The number of fused-ring (bicyclic) bond motifs is 1. The molecule has 2 heterocycles. The van der Waals surface area contributed by atoms with E-state index in [2.05, 4.69) is 53.7 Å². The molecule has 1 aliphatic carbocycles. The van der Waals surface area contributed by atoms with E-state index < -0.39 is 0 Å². The second-order valence-electron chi connectivity index (χ2n) is 8.53. The van der Waals surface area contributed by atoms with Crippen LogP contribution in [-0.2, 0) is 11.8 Å². The topological polar surface area (TPSA) is 41.4 Å². The third-order valence-electron chi connectivity index (χ3n) is 6.68. The Balaban J connectivity index is 1.55. The summed E-state index contributed by atoms with van der Waals surface area (Å²) in [4.78, 5) is 22.8. The average Bonchev–Trinajstić information content (AvgIpc) is 3.04. The number of nitrogens with zero attached hydrogens (tertiary/aromatic N) is 4. The summed E-state index contributed by atoms with van der Waals surface area (Å²) in [5, 5.41) is 0. The molecule has 0 radical (unpaired) electrons. The molecular weight excluding hydrogens is 336 g/mol. The zero-order valence-electron chi connectivity index (χ0n) is 16.9. The summed E-state index contributed by atoms with van der Waals surface area (Å²) in [7, 11) is 6.39. The van der Waals surface area contributed by atoms with Gasteiger partial charge < -0.3 is 14.4 Å². The lowest BCUT2D eigenvalue weighted by molar-refractivity contribution is -0.141. The Bertz CT molecular complexity index is 804. The monoisotopic (exact) mass is 368 g/mol. The molecule has 0 N–H and O–H groups in total. The Hall–Kier alpha value is -1.88. The minimum absolute atomic E-state index is 0.121. The molecule has 1 aliphatic heterocycles. The molecule has 0 spiro atoms. The predicted molar refractivity (Wildman–Crippen MR) is 108 cm³/mol. The number of para-hydroxylation sites is 2. The first-order valence-corrected chi connectivity index (χ1v) is 10.4. The summed E-state index contributed by atoms with van der Waals surface area (Å²) in [5.74, 6) is 1.60. The first kappa shape index (κ1) is 18.5. The molecule has 5 nitrogen and oxygen atoms in total. The molecule has 146 valence electrons. The maximum Gasteiger partial charge on any atom is 0.226 e. The van der Waals surface area contributed by atoms with E-state index in [-0.39, 0.29) is 12.0 Å². The number of benzene rings is 1. The van der Waals surface area contributed by atoms with Crippen LogP contribution in [0.5, 0.6) is 0 Å². The number of rotatable bonds is 3. The van der Waals surface area contributed by atoms with E-state index >= 15 is 0 Å². The molecule has 1 saturated heterocycles. The van der Waals surface area contributed by atoms with E-state index in [1.54, 1.807) is 0 Å². The van der Waals surface area contributed by atoms with E-state index in [1.807, 2.05) is 6.07 Å². The quantitative estimate of drug-likeness (QED) is 0.829. The van der Waals surface area contributed by atoms with Gasteiger partial charge in [0, 0.05) is 25.6 Å². The van der Waals surface area contributed by atoms with Crippen molar-refractivity contribution in [3.05, 3.63) is 30.1 Å². The molecule has 1 atom stereocenters. The van der Waals surface area contributed by atoms with Gasteiger partial charge in [-0.05, 0) is 71.2 Å². The van der Waals surface area contributed by atoms with Gasteiger partial charge in [0.15, 0.2) is 0 Å². The van der Waals surface area contributed by atoms with Gasteiger partial charge in [-0.1, -0.05) is 12.1 Å². The van der Waals surface area contributed by atoms with Gasteiger partial charge in [0.2, 0.25) is 5.91 Å². The van der Waals surface area contributed by atoms with Crippen LogP contribution in [0.2, 0.25) is 0 Å². The minimum atomic E-state index is 0.121. The van der Waals surface area contributed by atoms with Crippen LogP contribution in [0, 0.1) is 5.92 Å². The van der Waals surface area contributed by atoms with E-state index in [1.165, 1.54) is 6.42 Å². The number of carbonyl (C=O) groups excluding carboxylic acids is 1. The van der Waals surface area contributed by atoms with Crippen LogP contribution in [0.3, 0.4) is 0 Å². The number of imidazole rings is 1. The zero-order chi connectivity index (χ0) is 19.0. The Morgan fingerprint density at radius 1 is 1.07 bits per heavy atom. The molecule has 27 heavy (non-hydrogen) atoms. The Labute approximate surface area is 162 Å². The van der Waals surface area contributed by atoms with E-state index in [9.17, 15) is 4.79 Å². The maximum atomic E-state index is 13.4. The molecule has 2 aromatic rings. The number of aryl methyl sites for hydroxylation is 1. The van der Waals surface area contributed by atoms with Crippen molar-refractivity contribution in [2.45, 2.75) is 57.0 Å². The van der Waals surface area contributed by atoms with Crippen molar-refractivity contribution >= 4 is 16.9 Å². The lowest BCUT2D eigenvalue weighted by Crippen LogP contribution is -2.44. The summed E-state index contributed by atoms with van der Waals surface area (Å²) in [6.07, 6.45) is 7.61. The van der Waals surface area contributed by atoms with Crippen molar-refractivity contribution in [3.63, 3.8) is 0 Å². The van der Waals surface area contributed by atoms with Crippen LogP contribution < -0.4 is 0 Å². The first-order valence-electron chi connectivity index (χ1n) is 10.4. The molecule has 1 saturated carbocycles. The van der Waals surface area contributed by atoms with E-state index in [0.717, 1.165) is 61.9 Å². The fourth-order valence-corrected chi connectivity index (χ4v) is 5.00. The fourth-order valence-electron chi connectivity index (χ4n) is 5.00. The van der Waals surface area contributed by atoms with E-state index in [4.69, 9.17) is 4.98 Å². The second-order valence-corrected chi connectivity index (χ2v) is 8.53. The SMILES string of the molecule is CN(C)C1CCC(C(=O)N2CCCCC2c2nc3ccccc3n2C)CC1. The van der Waals surface area contributed by atoms with Gasteiger partial charge in [-0.15, -0.1) is 0 Å². The Morgan fingerprint density at radius 3 is 2.52 bits per heavy atom. The molecule has 5 heteroatoms. The number of amides is 1. The van der Waals surface area contributed by atoms with Crippen LogP contribution in [0.15, 0.2) is 24.3 Å². The average molecular weight is 369 g/mol. The highest BCUT2D eigenvalue weighted by molar-refractivity contribution is 5.80. The number of hydrogen-bond donors (Lipinski definition) is 0. The van der Waals surface area contributed by atoms with Gasteiger partial charge in [-0.25, -0.2) is 4.98 Å². The lowest BCUT2D eigenvalue weighted by atomic mass is 9.84. The number of likely N-dealkylation sites (tertiary alicyclic amines) is 1. The third-order valence-corrected chi connectivity index (χ3v) is 6.68. The molecular formula is C22H32N4O. The highest BCUT2D eigenvalue weighted by atomic mass is 16.2. The van der Waals surface area contributed by atoms with Crippen LogP contribution in [-0.4, -0.2) is 51.9 Å². The smallest absolute Gasteiger partial charge is 0.226 e.